The zero-order valence-electron chi connectivity index (χ0n) is 31.0. The third-order valence-corrected chi connectivity index (χ3v) is 11.5. The minimum Gasteiger partial charge on any atom is -0.456 e. The number of hydrogen-bond donors (Lipinski definition) is 0. The summed E-state index contributed by atoms with van der Waals surface area (Å²) in [4.78, 5) is 15.2. The van der Waals surface area contributed by atoms with Gasteiger partial charge in [0.05, 0.1) is 0 Å². The minimum absolute atomic E-state index is 0.0772. The Bertz CT molecular complexity index is 3180. The predicted molar refractivity (Wildman–Crippen MR) is 229 cm³/mol. The summed E-state index contributed by atoms with van der Waals surface area (Å²) in [6.45, 7) is 4.64. The molecule has 1 aliphatic carbocycles. The van der Waals surface area contributed by atoms with E-state index in [4.69, 9.17) is 19.4 Å². The van der Waals surface area contributed by atoms with Crippen LogP contribution >= 0.6 is 0 Å². The highest BCUT2D eigenvalue weighted by Gasteiger charge is 2.35. The molecule has 8 aromatic carbocycles. The van der Waals surface area contributed by atoms with Crippen molar-refractivity contribution in [2.24, 2.45) is 0 Å². The van der Waals surface area contributed by atoms with Crippen LogP contribution < -0.4 is 0 Å². The van der Waals surface area contributed by atoms with Crippen molar-refractivity contribution in [2.45, 2.75) is 19.3 Å². The van der Waals surface area contributed by atoms with Gasteiger partial charge in [-0.3, -0.25) is 0 Å². The average Bonchev–Trinajstić information content (AvgIpc) is 3.75. The fraction of sp³-hybridized carbons (Fsp3) is 0.0577. The largest absolute Gasteiger partial charge is 0.456 e. The van der Waals surface area contributed by atoms with Gasteiger partial charge in [-0.1, -0.05) is 153 Å². The highest BCUT2D eigenvalue weighted by Crippen LogP contribution is 2.49. The Morgan fingerprint density at radius 1 is 0.375 bits per heavy atom. The first-order valence-electron chi connectivity index (χ1n) is 19.1. The van der Waals surface area contributed by atoms with Gasteiger partial charge in [-0.15, -0.1) is 0 Å². The zero-order chi connectivity index (χ0) is 37.4. The molecular weight excluding hydrogens is 683 g/mol. The molecule has 0 unspecified atom stereocenters. The van der Waals surface area contributed by atoms with Crippen molar-refractivity contribution in [3.63, 3.8) is 0 Å². The zero-order valence-corrected chi connectivity index (χ0v) is 31.0. The Hall–Kier alpha value is -7.17. The second-order valence-corrected chi connectivity index (χ2v) is 15.2. The molecular formula is C52H35N3O. The van der Waals surface area contributed by atoms with Gasteiger partial charge in [0.15, 0.2) is 17.5 Å². The molecule has 2 heterocycles. The highest BCUT2D eigenvalue weighted by atomic mass is 16.3. The molecule has 0 amide bonds. The van der Waals surface area contributed by atoms with Crippen LogP contribution in [0.25, 0.3) is 100 Å². The normalized spacial score (nSPS) is 13.0. The van der Waals surface area contributed by atoms with E-state index in [1.807, 2.05) is 36.4 Å². The topological polar surface area (TPSA) is 51.8 Å². The van der Waals surface area contributed by atoms with Crippen LogP contribution in [0.5, 0.6) is 0 Å². The SMILES string of the molecule is CC1(C)c2ccccc2-c2ccc(-c3cccc(-c4nc(-c5ccccc5)nc(-c5ccc6c(c5)oc5cccc(-c7ccc8ccccc8c7)c56)n4)c3)cc21. The first-order chi connectivity index (χ1) is 27.5. The number of nitrogens with zero attached hydrogens (tertiary/aromatic N) is 3. The van der Waals surface area contributed by atoms with Gasteiger partial charge in [-0.25, -0.2) is 15.0 Å². The van der Waals surface area contributed by atoms with Gasteiger partial charge in [-0.2, -0.15) is 0 Å². The molecule has 1 aliphatic rings. The second kappa shape index (κ2) is 12.4. The lowest BCUT2D eigenvalue weighted by Gasteiger charge is -2.22. The number of fused-ring (bicyclic) bond motifs is 7. The summed E-state index contributed by atoms with van der Waals surface area (Å²) in [5.74, 6) is 1.83. The van der Waals surface area contributed by atoms with E-state index < -0.39 is 0 Å². The van der Waals surface area contributed by atoms with Gasteiger partial charge in [0, 0.05) is 32.9 Å². The van der Waals surface area contributed by atoms with Gasteiger partial charge in [0.2, 0.25) is 0 Å². The molecule has 4 heteroatoms. The first-order valence-corrected chi connectivity index (χ1v) is 19.1. The van der Waals surface area contributed by atoms with E-state index in [1.165, 1.54) is 38.6 Å². The van der Waals surface area contributed by atoms with Crippen molar-refractivity contribution in [3.8, 4) is 67.5 Å². The number of rotatable bonds is 5. The van der Waals surface area contributed by atoms with Crippen LogP contribution in [0.3, 0.4) is 0 Å². The van der Waals surface area contributed by atoms with Crippen molar-refractivity contribution in [3.05, 3.63) is 187 Å². The Labute approximate surface area is 324 Å². The van der Waals surface area contributed by atoms with Gasteiger partial charge >= 0.3 is 0 Å². The summed E-state index contributed by atoms with van der Waals surface area (Å²) in [6.07, 6.45) is 0. The Morgan fingerprint density at radius 2 is 0.982 bits per heavy atom. The summed E-state index contributed by atoms with van der Waals surface area (Å²) >= 11 is 0. The van der Waals surface area contributed by atoms with Crippen molar-refractivity contribution in [2.75, 3.05) is 0 Å². The van der Waals surface area contributed by atoms with Crippen molar-refractivity contribution in [1.82, 2.24) is 15.0 Å². The summed E-state index contributed by atoms with van der Waals surface area (Å²) in [5.41, 5.74) is 14.2. The Kier molecular flexibility index (Phi) is 7.17. The molecule has 11 rings (SSSR count). The van der Waals surface area contributed by atoms with Crippen LogP contribution in [0.4, 0.5) is 0 Å². The van der Waals surface area contributed by atoms with Crippen LogP contribution in [0.15, 0.2) is 180 Å². The fourth-order valence-electron chi connectivity index (χ4n) is 8.63. The third kappa shape index (κ3) is 5.18. The van der Waals surface area contributed by atoms with E-state index in [1.54, 1.807) is 0 Å². The Morgan fingerprint density at radius 3 is 1.84 bits per heavy atom. The van der Waals surface area contributed by atoms with Gasteiger partial charge < -0.3 is 4.42 Å². The van der Waals surface area contributed by atoms with Gasteiger partial charge in [-0.05, 0) is 91.7 Å². The third-order valence-electron chi connectivity index (χ3n) is 11.5. The van der Waals surface area contributed by atoms with Crippen LogP contribution in [0.2, 0.25) is 0 Å². The maximum Gasteiger partial charge on any atom is 0.164 e. The molecule has 0 saturated heterocycles. The van der Waals surface area contributed by atoms with Crippen molar-refractivity contribution in [1.29, 1.82) is 0 Å². The fourth-order valence-corrected chi connectivity index (χ4v) is 8.63. The van der Waals surface area contributed by atoms with Crippen molar-refractivity contribution >= 4 is 32.7 Å². The summed E-state index contributed by atoms with van der Waals surface area (Å²) in [7, 11) is 0. The standard InChI is InChI=1S/C52H35N3O/c1-52(2)44-20-9-8-18-41(44)42-26-24-36(30-45(42)52)35-16-10-17-38(29-35)50-53-49(33-13-4-3-5-14-33)54-51(55-50)39-25-27-43-47(31-39)56-46-21-11-19-40(48(43)46)37-23-22-32-12-6-7-15-34(32)28-37/h3-31H,1-2H3. The lowest BCUT2D eigenvalue weighted by atomic mass is 9.81. The highest BCUT2D eigenvalue weighted by molar-refractivity contribution is 6.13. The number of furan rings is 1. The quantitative estimate of drug-likeness (QED) is 0.178. The molecule has 0 saturated carbocycles. The Balaban J connectivity index is 1.02. The molecule has 0 radical (unpaired) electrons. The molecule has 0 atom stereocenters. The summed E-state index contributed by atoms with van der Waals surface area (Å²) in [5, 5.41) is 4.59. The second-order valence-electron chi connectivity index (χ2n) is 15.2. The maximum atomic E-state index is 6.55. The van der Waals surface area contributed by atoms with Gasteiger partial charge in [0.25, 0.3) is 0 Å². The predicted octanol–water partition coefficient (Wildman–Crippen LogP) is 13.6. The van der Waals surface area contributed by atoms with Gasteiger partial charge in [0.1, 0.15) is 11.2 Å². The molecule has 0 spiro atoms. The molecule has 0 N–H and O–H groups in total. The van der Waals surface area contributed by atoms with Crippen LogP contribution in [-0.4, -0.2) is 15.0 Å². The molecule has 0 bridgehead atoms. The van der Waals surface area contributed by atoms with E-state index in [-0.39, 0.29) is 5.41 Å². The summed E-state index contributed by atoms with van der Waals surface area (Å²) in [6, 6.07) is 62.0. The monoisotopic (exact) mass is 717 g/mol. The number of benzene rings is 8. The van der Waals surface area contributed by atoms with E-state index in [9.17, 15) is 0 Å². The molecule has 0 fully saturated rings. The first kappa shape index (κ1) is 32.3. The molecule has 10 aromatic rings. The van der Waals surface area contributed by atoms with Crippen molar-refractivity contribution < 1.29 is 4.42 Å². The lowest BCUT2D eigenvalue weighted by molar-refractivity contribution is 0.660. The van der Waals surface area contributed by atoms with E-state index in [0.29, 0.717) is 17.5 Å². The van der Waals surface area contributed by atoms with Crippen LogP contribution in [0, 0.1) is 0 Å². The minimum atomic E-state index is -0.0772. The van der Waals surface area contributed by atoms with Crippen LogP contribution in [0.1, 0.15) is 25.0 Å². The summed E-state index contributed by atoms with van der Waals surface area (Å²) < 4.78 is 6.55. The number of aromatic nitrogens is 3. The van der Waals surface area contributed by atoms with Crippen LogP contribution in [-0.2, 0) is 5.41 Å². The van der Waals surface area contributed by atoms with E-state index in [0.717, 1.165) is 55.3 Å². The molecule has 2 aromatic heterocycles. The average molecular weight is 718 g/mol. The number of hydrogen-bond acceptors (Lipinski definition) is 4. The van der Waals surface area contributed by atoms with E-state index in [2.05, 4.69) is 153 Å². The molecule has 0 aliphatic heterocycles. The van der Waals surface area contributed by atoms with E-state index >= 15 is 0 Å². The smallest absolute Gasteiger partial charge is 0.164 e. The lowest BCUT2D eigenvalue weighted by Crippen LogP contribution is -2.14. The molecule has 264 valence electrons. The molecule has 4 nitrogen and oxygen atoms in total. The maximum absolute atomic E-state index is 6.55. The molecule has 56 heavy (non-hydrogen) atoms.